The van der Waals surface area contributed by atoms with Crippen LogP contribution in [0.25, 0.3) is 0 Å². The summed E-state index contributed by atoms with van der Waals surface area (Å²) in [5.41, 5.74) is 0. The van der Waals surface area contributed by atoms with Crippen molar-refractivity contribution in [1.82, 2.24) is 9.80 Å². The summed E-state index contributed by atoms with van der Waals surface area (Å²) in [4.78, 5) is 27.4. The molecule has 1 aliphatic rings. The quantitative estimate of drug-likeness (QED) is 0.810. The van der Waals surface area contributed by atoms with Crippen LogP contribution in [0.5, 0.6) is 0 Å². The lowest BCUT2D eigenvalue weighted by Gasteiger charge is -2.35. The Morgan fingerprint density at radius 2 is 1.70 bits per heavy atom. The van der Waals surface area contributed by atoms with E-state index in [4.69, 9.17) is 5.11 Å². The van der Waals surface area contributed by atoms with E-state index >= 15 is 0 Å². The number of likely N-dealkylation sites (tertiary alicyclic amines) is 1. The molecule has 2 unspecified atom stereocenters. The van der Waals surface area contributed by atoms with E-state index in [-0.39, 0.29) is 24.4 Å². The molecule has 1 fully saturated rings. The van der Waals surface area contributed by atoms with Gasteiger partial charge in [0, 0.05) is 19.1 Å². The molecule has 116 valence electrons. The van der Waals surface area contributed by atoms with Gasteiger partial charge in [-0.1, -0.05) is 19.8 Å². The van der Waals surface area contributed by atoms with Gasteiger partial charge in [0.25, 0.3) is 0 Å². The summed E-state index contributed by atoms with van der Waals surface area (Å²) in [5.74, 6) is -0.670. The van der Waals surface area contributed by atoms with Crippen molar-refractivity contribution >= 4 is 11.9 Å². The van der Waals surface area contributed by atoms with Gasteiger partial charge in [0.1, 0.15) is 0 Å². The Hall–Kier alpha value is -1.10. The van der Waals surface area contributed by atoms with Gasteiger partial charge in [-0.25, -0.2) is 0 Å². The van der Waals surface area contributed by atoms with Crippen molar-refractivity contribution in [3.63, 3.8) is 0 Å². The predicted octanol–water partition coefficient (Wildman–Crippen LogP) is 1.96. The molecule has 5 heteroatoms. The van der Waals surface area contributed by atoms with Crippen LogP contribution in [0.2, 0.25) is 0 Å². The van der Waals surface area contributed by atoms with Crippen molar-refractivity contribution in [2.24, 2.45) is 0 Å². The van der Waals surface area contributed by atoms with Crippen molar-refractivity contribution < 1.29 is 14.7 Å². The van der Waals surface area contributed by atoms with Gasteiger partial charge in [-0.05, 0) is 33.2 Å². The first-order valence-electron chi connectivity index (χ1n) is 7.73. The third-order valence-electron chi connectivity index (χ3n) is 4.17. The molecule has 0 aromatic rings. The van der Waals surface area contributed by atoms with E-state index in [0.717, 1.165) is 25.9 Å². The molecule has 2 atom stereocenters. The minimum atomic E-state index is -0.814. The lowest BCUT2D eigenvalue weighted by Crippen LogP contribution is -2.50. The molecule has 0 aromatic carbocycles. The Morgan fingerprint density at radius 3 is 2.15 bits per heavy atom. The van der Waals surface area contributed by atoms with Crippen LogP contribution in [0.1, 0.15) is 52.9 Å². The fourth-order valence-electron chi connectivity index (χ4n) is 3.03. The first kappa shape index (κ1) is 17.0. The largest absolute Gasteiger partial charge is 0.481 e. The van der Waals surface area contributed by atoms with Crippen LogP contribution in [0, 0.1) is 0 Å². The topological polar surface area (TPSA) is 60.9 Å². The Bertz CT molecular complexity index is 325. The summed E-state index contributed by atoms with van der Waals surface area (Å²) < 4.78 is 0. The molecule has 0 aliphatic carbocycles. The molecule has 0 saturated carbocycles. The average Bonchev–Trinajstić information content (AvgIpc) is 2.66. The van der Waals surface area contributed by atoms with E-state index in [1.54, 1.807) is 0 Å². The van der Waals surface area contributed by atoms with E-state index in [2.05, 4.69) is 0 Å². The lowest BCUT2D eigenvalue weighted by atomic mass is 10.1. The molecule has 0 spiro atoms. The summed E-state index contributed by atoms with van der Waals surface area (Å²) >= 11 is 0. The van der Waals surface area contributed by atoms with Crippen molar-refractivity contribution in [3.8, 4) is 0 Å². The van der Waals surface area contributed by atoms with Crippen molar-refractivity contribution in [2.45, 2.75) is 65.0 Å². The molecule has 1 amide bonds. The van der Waals surface area contributed by atoms with Crippen LogP contribution in [0.3, 0.4) is 0 Å². The van der Waals surface area contributed by atoms with Crippen LogP contribution in [0.4, 0.5) is 0 Å². The fraction of sp³-hybridized carbons (Fsp3) is 0.867. The second kappa shape index (κ2) is 8.25. The normalized spacial score (nSPS) is 19.5. The summed E-state index contributed by atoms with van der Waals surface area (Å²) in [6.45, 7) is 8.13. The fourth-order valence-corrected chi connectivity index (χ4v) is 3.03. The van der Waals surface area contributed by atoms with E-state index in [9.17, 15) is 9.59 Å². The van der Waals surface area contributed by atoms with Gasteiger partial charge in [-0.2, -0.15) is 0 Å². The van der Waals surface area contributed by atoms with Gasteiger partial charge >= 0.3 is 5.97 Å². The minimum Gasteiger partial charge on any atom is -0.481 e. The predicted molar refractivity (Wildman–Crippen MR) is 78.6 cm³/mol. The van der Waals surface area contributed by atoms with Gasteiger partial charge in [0.2, 0.25) is 5.91 Å². The highest BCUT2D eigenvalue weighted by Crippen LogP contribution is 2.15. The van der Waals surface area contributed by atoms with Gasteiger partial charge in [0.05, 0.1) is 12.5 Å². The Morgan fingerprint density at radius 1 is 1.15 bits per heavy atom. The number of aliphatic carboxylic acids is 1. The number of hydrogen-bond donors (Lipinski definition) is 1. The maximum atomic E-state index is 12.6. The van der Waals surface area contributed by atoms with E-state index in [0.29, 0.717) is 6.54 Å². The standard InChI is InChI=1S/C15H28N2O3/c1-4-17(12(2)11-14(18)19)13(3)15(20)16-9-7-5-6-8-10-16/h12-13H,4-11H2,1-3H3,(H,18,19). The molecule has 20 heavy (non-hydrogen) atoms. The van der Waals surface area contributed by atoms with Crippen LogP contribution >= 0.6 is 0 Å². The number of carboxylic acids is 1. The zero-order valence-corrected chi connectivity index (χ0v) is 13.0. The van der Waals surface area contributed by atoms with Crippen LogP contribution < -0.4 is 0 Å². The highest BCUT2D eigenvalue weighted by molar-refractivity contribution is 5.81. The molecule has 1 saturated heterocycles. The number of carboxylic acid groups (broad SMARTS) is 1. The van der Waals surface area contributed by atoms with E-state index in [1.165, 1.54) is 12.8 Å². The number of carbonyl (C=O) groups excluding carboxylic acids is 1. The molecule has 1 heterocycles. The summed E-state index contributed by atoms with van der Waals surface area (Å²) in [6, 6.07) is -0.365. The van der Waals surface area contributed by atoms with E-state index < -0.39 is 5.97 Å². The Labute approximate surface area is 121 Å². The third-order valence-corrected chi connectivity index (χ3v) is 4.17. The highest BCUT2D eigenvalue weighted by atomic mass is 16.4. The smallest absolute Gasteiger partial charge is 0.304 e. The molecule has 0 radical (unpaired) electrons. The molecular formula is C15H28N2O3. The molecular weight excluding hydrogens is 256 g/mol. The summed E-state index contributed by atoms with van der Waals surface area (Å²) in [5, 5.41) is 8.91. The van der Waals surface area contributed by atoms with Crippen LogP contribution in [-0.4, -0.2) is 58.5 Å². The maximum absolute atomic E-state index is 12.6. The summed E-state index contributed by atoms with van der Waals surface area (Å²) in [6.07, 6.45) is 4.63. The third kappa shape index (κ3) is 4.78. The maximum Gasteiger partial charge on any atom is 0.304 e. The Kier molecular flexibility index (Phi) is 6.99. The monoisotopic (exact) mass is 284 g/mol. The molecule has 1 aliphatic heterocycles. The van der Waals surface area contributed by atoms with Crippen molar-refractivity contribution in [1.29, 1.82) is 0 Å². The number of rotatable bonds is 6. The average molecular weight is 284 g/mol. The van der Waals surface area contributed by atoms with Gasteiger partial charge in [-0.15, -0.1) is 0 Å². The second-order valence-corrected chi connectivity index (χ2v) is 5.69. The minimum absolute atomic E-state index is 0.0749. The molecule has 0 aromatic heterocycles. The van der Waals surface area contributed by atoms with Crippen LogP contribution in [0.15, 0.2) is 0 Å². The number of likely N-dealkylation sites (N-methyl/N-ethyl adjacent to an activating group) is 1. The zero-order valence-electron chi connectivity index (χ0n) is 13.0. The van der Waals surface area contributed by atoms with Gasteiger partial charge in [0.15, 0.2) is 0 Å². The Balaban J connectivity index is 2.65. The van der Waals surface area contributed by atoms with E-state index in [1.807, 2.05) is 30.6 Å². The van der Waals surface area contributed by atoms with Gasteiger partial charge in [-0.3, -0.25) is 14.5 Å². The first-order valence-corrected chi connectivity index (χ1v) is 7.73. The molecule has 0 bridgehead atoms. The number of hydrogen-bond acceptors (Lipinski definition) is 3. The van der Waals surface area contributed by atoms with Gasteiger partial charge < -0.3 is 10.0 Å². The van der Waals surface area contributed by atoms with Crippen LogP contribution in [-0.2, 0) is 9.59 Å². The first-order chi connectivity index (χ1) is 9.47. The van der Waals surface area contributed by atoms with Crippen molar-refractivity contribution in [2.75, 3.05) is 19.6 Å². The van der Waals surface area contributed by atoms with Crippen molar-refractivity contribution in [3.05, 3.63) is 0 Å². The lowest BCUT2D eigenvalue weighted by molar-refractivity contribution is -0.142. The number of nitrogens with zero attached hydrogens (tertiary/aromatic N) is 2. The molecule has 1 N–H and O–H groups in total. The zero-order chi connectivity index (χ0) is 15.1. The molecule has 1 rings (SSSR count). The number of amides is 1. The molecule has 5 nitrogen and oxygen atoms in total. The summed E-state index contributed by atoms with van der Waals surface area (Å²) in [7, 11) is 0. The number of carbonyl (C=O) groups is 2. The second-order valence-electron chi connectivity index (χ2n) is 5.69. The SMILES string of the molecule is CCN(C(C)CC(=O)O)C(C)C(=O)N1CCCCCC1. The highest BCUT2D eigenvalue weighted by Gasteiger charge is 2.29.